The normalized spacial score (nSPS) is 10.4. The van der Waals surface area contributed by atoms with Gasteiger partial charge < -0.3 is 14.2 Å². The van der Waals surface area contributed by atoms with Gasteiger partial charge in [-0.1, -0.05) is 31.1 Å². The third-order valence-corrected chi connectivity index (χ3v) is 4.53. The number of aryl methyl sites for hydroxylation is 1. The first-order valence-corrected chi connectivity index (χ1v) is 8.88. The molecule has 25 heavy (non-hydrogen) atoms. The van der Waals surface area contributed by atoms with Crippen LogP contribution in [0.25, 0.3) is 0 Å². The number of hydrogen-bond donors (Lipinski definition) is 1. The minimum atomic E-state index is -0.339. The van der Waals surface area contributed by atoms with E-state index in [1.165, 1.54) is 32.7 Å². The van der Waals surface area contributed by atoms with E-state index in [0.717, 1.165) is 30.7 Å². The van der Waals surface area contributed by atoms with Crippen LogP contribution in [0.1, 0.15) is 41.6 Å². The predicted octanol–water partition coefficient (Wildman–Crippen LogP) is 3.55. The number of rotatable bonds is 9. The number of aromatic nitrogens is 2. The van der Waals surface area contributed by atoms with Crippen molar-refractivity contribution in [2.45, 2.75) is 32.6 Å². The Hall–Kier alpha value is -2.35. The number of anilines is 1. The maximum atomic E-state index is 12.6. The van der Waals surface area contributed by atoms with Crippen LogP contribution in [0.2, 0.25) is 0 Å². The quantitative estimate of drug-likeness (QED) is 0.684. The number of hydrogen-bond acceptors (Lipinski definition) is 7. The minimum Gasteiger partial charge on any atom is -0.496 e. The number of ether oxygens (including phenoxy) is 3. The molecule has 1 amide bonds. The van der Waals surface area contributed by atoms with Crippen molar-refractivity contribution in [1.82, 2.24) is 10.2 Å². The molecule has 8 heteroatoms. The largest absolute Gasteiger partial charge is 0.496 e. The second-order valence-electron chi connectivity index (χ2n) is 5.32. The number of unbranched alkanes of at least 4 members (excludes halogenated alkanes) is 2. The summed E-state index contributed by atoms with van der Waals surface area (Å²) in [5.41, 5.74) is 0.336. The SMILES string of the molecule is CCCCCc1nnc(NC(=O)c2cc(OC)c(OC)cc2OC)s1. The molecule has 0 atom stereocenters. The van der Waals surface area contributed by atoms with Gasteiger partial charge in [0.25, 0.3) is 5.91 Å². The second-order valence-corrected chi connectivity index (χ2v) is 6.38. The van der Waals surface area contributed by atoms with E-state index in [0.29, 0.717) is 27.9 Å². The predicted molar refractivity (Wildman–Crippen MR) is 97.2 cm³/mol. The zero-order valence-electron chi connectivity index (χ0n) is 14.9. The standard InChI is InChI=1S/C17H23N3O4S/c1-5-6-7-8-15-19-20-17(25-15)18-16(21)11-9-13(23-3)14(24-4)10-12(11)22-2/h9-10H,5-8H2,1-4H3,(H,18,20,21). The van der Waals surface area contributed by atoms with Gasteiger partial charge in [0.15, 0.2) is 11.5 Å². The lowest BCUT2D eigenvalue weighted by molar-refractivity contribution is 0.102. The molecule has 0 radical (unpaired) electrons. The van der Waals surface area contributed by atoms with Crippen LogP contribution >= 0.6 is 11.3 Å². The summed E-state index contributed by atoms with van der Waals surface area (Å²) in [7, 11) is 4.53. The van der Waals surface area contributed by atoms with Crippen LogP contribution in [-0.4, -0.2) is 37.4 Å². The Kier molecular flexibility index (Phi) is 7.00. The van der Waals surface area contributed by atoms with Gasteiger partial charge in [0.1, 0.15) is 10.8 Å². The highest BCUT2D eigenvalue weighted by Crippen LogP contribution is 2.35. The summed E-state index contributed by atoms with van der Waals surface area (Å²) < 4.78 is 15.8. The monoisotopic (exact) mass is 365 g/mol. The summed E-state index contributed by atoms with van der Waals surface area (Å²) >= 11 is 1.39. The van der Waals surface area contributed by atoms with Crippen LogP contribution in [0.15, 0.2) is 12.1 Å². The first-order chi connectivity index (χ1) is 12.1. The molecule has 2 rings (SSSR count). The summed E-state index contributed by atoms with van der Waals surface area (Å²) in [5, 5.41) is 12.3. The van der Waals surface area contributed by atoms with E-state index in [2.05, 4.69) is 22.4 Å². The van der Waals surface area contributed by atoms with E-state index >= 15 is 0 Å². The molecule has 0 spiro atoms. The number of carbonyl (C=O) groups is 1. The topological polar surface area (TPSA) is 82.6 Å². The van der Waals surface area contributed by atoms with E-state index in [1.54, 1.807) is 12.1 Å². The lowest BCUT2D eigenvalue weighted by Gasteiger charge is -2.13. The molecule has 0 unspecified atom stereocenters. The first-order valence-electron chi connectivity index (χ1n) is 8.06. The van der Waals surface area contributed by atoms with Crippen LogP contribution in [-0.2, 0) is 6.42 Å². The van der Waals surface area contributed by atoms with E-state index in [9.17, 15) is 4.79 Å². The van der Waals surface area contributed by atoms with Gasteiger partial charge in [-0.3, -0.25) is 10.1 Å². The maximum Gasteiger partial charge on any atom is 0.261 e. The summed E-state index contributed by atoms with van der Waals surface area (Å²) in [6.07, 6.45) is 4.26. The molecule has 0 bridgehead atoms. The molecule has 7 nitrogen and oxygen atoms in total. The minimum absolute atomic E-state index is 0.336. The molecule has 0 aliphatic heterocycles. The summed E-state index contributed by atoms with van der Waals surface area (Å²) in [6, 6.07) is 3.19. The highest BCUT2D eigenvalue weighted by atomic mass is 32.1. The van der Waals surface area contributed by atoms with Crippen molar-refractivity contribution < 1.29 is 19.0 Å². The molecule has 2 aromatic rings. The van der Waals surface area contributed by atoms with Crippen molar-refractivity contribution in [2.75, 3.05) is 26.6 Å². The van der Waals surface area contributed by atoms with Crippen molar-refractivity contribution in [1.29, 1.82) is 0 Å². The maximum absolute atomic E-state index is 12.6. The van der Waals surface area contributed by atoms with Crippen molar-refractivity contribution >= 4 is 22.4 Å². The molecule has 0 saturated carbocycles. The Morgan fingerprint density at radius 2 is 1.72 bits per heavy atom. The number of nitrogens with one attached hydrogen (secondary N) is 1. The molecule has 0 saturated heterocycles. The Morgan fingerprint density at radius 1 is 1.04 bits per heavy atom. The van der Waals surface area contributed by atoms with Gasteiger partial charge in [-0.25, -0.2) is 0 Å². The van der Waals surface area contributed by atoms with Gasteiger partial charge >= 0.3 is 0 Å². The van der Waals surface area contributed by atoms with Crippen molar-refractivity contribution in [2.24, 2.45) is 0 Å². The summed E-state index contributed by atoms with van der Waals surface area (Å²) in [5.74, 6) is 0.993. The van der Waals surface area contributed by atoms with Crippen molar-refractivity contribution in [3.63, 3.8) is 0 Å². The van der Waals surface area contributed by atoms with E-state index in [-0.39, 0.29) is 5.91 Å². The van der Waals surface area contributed by atoms with Gasteiger partial charge in [0, 0.05) is 18.6 Å². The zero-order chi connectivity index (χ0) is 18.2. The Morgan fingerprint density at radius 3 is 2.36 bits per heavy atom. The van der Waals surface area contributed by atoms with E-state index in [1.807, 2.05) is 0 Å². The summed E-state index contributed by atoms with van der Waals surface area (Å²) in [6.45, 7) is 2.16. The number of carbonyl (C=O) groups excluding carboxylic acids is 1. The number of benzene rings is 1. The fraction of sp³-hybridized carbons (Fsp3) is 0.471. The molecular formula is C17H23N3O4S. The Balaban J connectivity index is 2.15. The average Bonchev–Trinajstić information content (AvgIpc) is 3.07. The molecule has 1 aromatic heterocycles. The molecule has 0 aliphatic carbocycles. The molecule has 1 heterocycles. The van der Waals surface area contributed by atoms with E-state index in [4.69, 9.17) is 14.2 Å². The number of methoxy groups -OCH3 is 3. The molecule has 136 valence electrons. The lowest BCUT2D eigenvalue weighted by atomic mass is 10.1. The zero-order valence-corrected chi connectivity index (χ0v) is 15.7. The first kappa shape index (κ1) is 19.0. The highest BCUT2D eigenvalue weighted by Gasteiger charge is 2.19. The summed E-state index contributed by atoms with van der Waals surface area (Å²) in [4.78, 5) is 12.6. The van der Waals surface area contributed by atoms with Crippen LogP contribution in [0, 0.1) is 0 Å². The van der Waals surface area contributed by atoms with Gasteiger partial charge in [-0.05, 0) is 6.42 Å². The van der Waals surface area contributed by atoms with Gasteiger partial charge in [0.05, 0.1) is 26.9 Å². The number of nitrogens with zero attached hydrogens (tertiary/aromatic N) is 2. The molecule has 1 N–H and O–H groups in total. The fourth-order valence-electron chi connectivity index (χ4n) is 2.30. The fourth-order valence-corrected chi connectivity index (χ4v) is 3.08. The molecule has 0 fully saturated rings. The van der Waals surface area contributed by atoms with Gasteiger partial charge in [-0.2, -0.15) is 0 Å². The van der Waals surface area contributed by atoms with Crippen LogP contribution in [0.5, 0.6) is 17.2 Å². The Bertz CT molecular complexity index is 718. The van der Waals surface area contributed by atoms with E-state index < -0.39 is 0 Å². The average molecular weight is 365 g/mol. The van der Waals surface area contributed by atoms with Crippen LogP contribution in [0.3, 0.4) is 0 Å². The molecular weight excluding hydrogens is 342 g/mol. The highest BCUT2D eigenvalue weighted by molar-refractivity contribution is 7.15. The van der Waals surface area contributed by atoms with Gasteiger partial charge in [-0.15, -0.1) is 10.2 Å². The van der Waals surface area contributed by atoms with Crippen molar-refractivity contribution in [3.8, 4) is 17.2 Å². The van der Waals surface area contributed by atoms with Crippen LogP contribution in [0.4, 0.5) is 5.13 Å². The molecule has 1 aromatic carbocycles. The third kappa shape index (κ3) is 4.82. The van der Waals surface area contributed by atoms with Crippen LogP contribution < -0.4 is 19.5 Å². The second kappa shape index (κ2) is 9.22. The van der Waals surface area contributed by atoms with Gasteiger partial charge in [0.2, 0.25) is 5.13 Å². The Labute approximate surface area is 151 Å². The van der Waals surface area contributed by atoms with Crippen molar-refractivity contribution in [3.05, 3.63) is 22.7 Å². The lowest BCUT2D eigenvalue weighted by Crippen LogP contribution is -2.13. The number of amides is 1. The molecule has 0 aliphatic rings. The third-order valence-electron chi connectivity index (χ3n) is 3.63. The smallest absolute Gasteiger partial charge is 0.261 e.